The fourth-order valence-corrected chi connectivity index (χ4v) is 2.05. The number of alkyl halides is 1. The molecule has 0 aliphatic carbocycles. The van der Waals surface area contributed by atoms with Crippen LogP contribution in [0.2, 0.25) is 0 Å². The van der Waals surface area contributed by atoms with Crippen molar-refractivity contribution in [1.82, 2.24) is 9.97 Å². The summed E-state index contributed by atoms with van der Waals surface area (Å²) in [5.74, 6) is 1.93. The van der Waals surface area contributed by atoms with Crippen LogP contribution in [0.3, 0.4) is 0 Å². The van der Waals surface area contributed by atoms with Gasteiger partial charge in [0.1, 0.15) is 30.4 Å². The van der Waals surface area contributed by atoms with E-state index in [0.29, 0.717) is 22.7 Å². The molecule has 0 atom stereocenters. The molecule has 0 fully saturated rings. The van der Waals surface area contributed by atoms with Gasteiger partial charge in [-0.15, -0.1) is 0 Å². The number of anilines is 1. The molecule has 22 heavy (non-hydrogen) atoms. The lowest BCUT2D eigenvalue weighted by Crippen LogP contribution is -2.09. The average molecular weight is 300 g/mol. The molecular formula is C16H16FN3O2. The largest absolute Gasteiger partial charge is 0.491 e. The number of nitrogens with zero attached hydrogens (tertiary/aromatic N) is 3. The summed E-state index contributed by atoms with van der Waals surface area (Å²) in [6.45, 7) is -0.488. The van der Waals surface area contributed by atoms with Crippen LogP contribution in [0.4, 0.5) is 10.2 Å². The lowest BCUT2D eigenvalue weighted by atomic mass is 10.3. The first-order chi connectivity index (χ1) is 10.7. The summed E-state index contributed by atoms with van der Waals surface area (Å²) in [6, 6.07) is 9.05. The Bertz CT molecular complexity index is 769. The second-order valence-corrected chi connectivity index (χ2v) is 4.99. The normalized spacial score (nSPS) is 10.9. The second kappa shape index (κ2) is 6.01. The molecule has 3 aromatic rings. The maximum absolute atomic E-state index is 12.1. The van der Waals surface area contributed by atoms with E-state index in [9.17, 15) is 4.39 Å². The van der Waals surface area contributed by atoms with Crippen LogP contribution in [0.1, 0.15) is 0 Å². The van der Waals surface area contributed by atoms with Crippen molar-refractivity contribution >= 4 is 16.9 Å². The Kier molecular flexibility index (Phi) is 3.91. The highest BCUT2D eigenvalue weighted by Crippen LogP contribution is 2.27. The third kappa shape index (κ3) is 2.86. The Hall–Kier alpha value is -2.63. The predicted molar refractivity (Wildman–Crippen MR) is 83.0 cm³/mol. The number of benzene rings is 1. The molecule has 2 aromatic heterocycles. The van der Waals surface area contributed by atoms with Gasteiger partial charge in [-0.05, 0) is 24.3 Å². The number of aromatic nitrogens is 2. The fourth-order valence-electron chi connectivity index (χ4n) is 2.05. The Morgan fingerprint density at radius 3 is 2.77 bits per heavy atom. The maximum Gasteiger partial charge on any atom is 0.228 e. The number of hydrogen-bond acceptors (Lipinski definition) is 5. The topological polar surface area (TPSA) is 51.4 Å². The number of hydrogen-bond donors (Lipinski definition) is 0. The zero-order chi connectivity index (χ0) is 15.5. The van der Waals surface area contributed by atoms with Gasteiger partial charge >= 0.3 is 0 Å². The third-order valence-corrected chi connectivity index (χ3v) is 3.16. The van der Waals surface area contributed by atoms with Gasteiger partial charge in [0.15, 0.2) is 5.58 Å². The van der Waals surface area contributed by atoms with E-state index in [1.54, 1.807) is 24.4 Å². The van der Waals surface area contributed by atoms with E-state index in [4.69, 9.17) is 9.15 Å². The number of fused-ring (bicyclic) bond motifs is 1. The van der Waals surface area contributed by atoms with E-state index < -0.39 is 6.67 Å². The predicted octanol–water partition coefficient (Wildman–Crippen LogP) is 3.30. The smallest absolute Gasteiger partial charge is 0.228 e. The zero-order valence-electron chi connectivity index (χ0n) is 12.4. The van der Waals surface area contributed by atoms with Crippen molar-refractivity contribution in [3.63, 3.8) is 0 Å². The monoisotopic (exact) mass is 300 g/mol. The van der Waals surface area contributed by atoms with Gasteiger partial charge in [0.25, 0.3) is 0 Å². The van der Waals surface area contributed by atoms with Gasteiger partial charge in [0.2, 0.25) is 5.89 Å². The van der Waals surface area contributed by atoms with Gasteiger partial charge < -0.3 is 14.1 Å². The first-order valence-electron chi connectivity index (χ1n) is 6.90. The van der Waals surface area contributed by atoms with Crippen LogP contribution >= 0.6 is 0 Å². The van der Waals surface area contributed by atoms with E-state index >= 15 is 0 Å². The highest BCUT2D eigenvalue weighted by Gasteiger charge is 2.10. The summed E-state index contributed by atoms with van der Waals surface area (Å²) in [5, 5.41) is 0. The zero-order valence-corrected chi connectivity index (χ0v) is 12.4. The van der Waals surface area contributed by atoms with E-state index in [0.717, 1.165) is 11.4 Å². The highest BCUT2D eigenvalue weighted by atomic mass is 18.2. The molecule has 114 valence electrons. The van der Waals surface area contributed by atoms with Crippen molar-refractivity contribution in [3.05, 3.63) is 36.5 Å². The summed E-state index contributed by atoms with van der Waals surface area (Å²) < 4.78 is 23.1. The van der Waals surface area contributed by atoms with Crippen molar-refractivity contribution in [3.8, 4) is 17.2 Å². The van der Waals surface area contributed by atoms with Crippen LogP contribution in [0.15, 0.2) is 40.9 Å². The molecule has 0 aliphatic rings. The van der Waals surface area contributed by atoms with Gasteiger partial charge in [-0.3, -0.25) is 0 Å². The number of rotatable bonds is 5. The van der Waals surface area contributed by atoms with Gasteiger partial charge in [-0.25, -0.2) is 14.4 Å². The van der Waals surface area contributed by atoms with Crippen molar-refractivity contribution < 1.29 is 13.5 Å². The molecule has 0 saturated carbocycles. The van der Waals surface area contributed by atoms with E-state index in [1.807, 2.05) is 31.1 Å². The van der Waals surface area contributed by atoms with Crippen LogP contribution in [-0.2, 0) is 0 Å². The fraction of sp³-hybridized carbons (Fsp3) is 0.250. The van der Waals surface area contributed by atoms with Gasteiger partial charge in [0, 0.05) is 26.4 Å². The SMILES string of the molecule is CN(C)c1ccc(-c2nc3cc(OCC[18F])ccc3o2)cn1. The molecule has 0 spiro atoms. The molecule has 0 unspecified atom stereocenters. The molecule has 5 nitrogen and oxygen atoms in total. The summed E-state index contributed by atoms with van der Waals surface area (Å²) in [5.41, 5.74) is 2.12. The molecule has 1 aromatic carbocycles. The maximum atomic E-state index is 12.1. The molecule has 0 saturated heterocycles. The minimum atomic E-state index is -0.522. The Morgan fingerprint density at radius 1 is 1.23 bits per heavy atom. The lowest BCUT2D eigenvalue weighted by Gasteiger charge is -2.10. The van der Waals surface area contributed by atoms with Crippen LogP contribution in [0.5, 0.6) is 5.75 Å². The van der Waals surface area contributed by atoms with Gasteiger partial charge in [-0.1, -0.05) is 0 Å². The standard InChI is InChI=1S/C16H16FN3O2/c1-20(2)15-6-3-11(10-18-15)16-19-13-9-12(21-8-7-17)4-5-14(13)22-16/h3-6,9-10H,7-8H2,1-2H3/i17-1. The molecule has 0 N–H and O–H groups in total. The van der Waals surface area contributed by atoms with Crippen molar-refractivity contribution in [1.29, 1.82) is 0 Å². The van der Waals surface area contributed by atoms with Crippen LogP contribution < -0.4 is 9.64 Å². The molecular weight excluding hydrogens is 284 g/mol. The second-order valence-electron chi connectivity index (χ2n) is 4.99. The summed E-state index contributed by atoms with van der Waals surface area (Å²) in [6.07, 6.45) is 1.72. The minimum Gasteiger partial charge on any atom is -0.491 e. The number of pyridine rings is 1. The van der Waals surface area contributed by atoms with Crippen LogP contribution in [0, 0.1) is 0 Å². The summed E-state index contributed by atoms with van der Waals surface area (Å²) in [7, 11) is 3.86. The van der Waals surface area contributed by atoms with Crippen molar-refractivity contribution in [2.75, 3.05) is 32.3 Å². The molecule has 0 bridgehead atoms. The van der Waals surface area contributed by atoms with E-state index in [-0.39, 0.29) is 6.61 Å². The van der Waals surface area contributed by atoms with Crippen molar-refractivity contribution in [2.24, 2.45) is 0 Å². The van der Waals surface area contributed by atoms with Crippen molar-refractivity contribution in [2.45, 2.75) is 0 Å². The Balaban J connectivity index is 1.90. The highest BCUT2D eigenvalue weighted by molar-refractivity contribution is 5.77. The van der Waals surface area contributed by atoms with Gasteiger partial charge in [0.05, 0.1) is 5.56 Å². The minimum absolute atomic E-state index is 0.0339. The molecule has 3 rings (SSSR count). The molecule has 0 amide bonds. The molecule has 2 heterocycles. The lowest BCUT2D eigenvalue weighted by molar-refractivity contribution is 0.273. The average Bonchev–Trinajstić information content (AvgIpc) is 2.96. The molecule has 6 heteroatoms. The summed E-state index contributed by atoms with van der Waals surface area (Å²) >= 11 is 0. The first-order valence-corrected chi connectivity index (χ1v) is 6.90. The molecule has 0 aliphatic heterocycles. The third-order valence-electron chi connectivity index (χ3n) is 3.16. The quantitative estimate of drug-likeness (QED) is 0.723. The molecule has 0 radical (unpaired) electrons. The number of halogens is 1. The van der Waals surface area contributed by atoms with E-state index in [1.165, 1.54) is 0 Å². The first kappa shape index (κ1) is 14.3. The van der Waals surface area contributed by atoms with Crippen LogP contribution in [0.25, 0.3) is 22.6 Å². The van der Waals surface area contributed by atoms with Gasteiger partial charge in [-0.2, -0.15) is 0 Å². The number of oxazole rings is 1. The summed E-state index contributed by atoms with van der Waals surface area (Å²) in [4.78, 5) is 10.7. The Morgan fingerprint density at radius 2 is 2.09 bits per heavy atom. The van der Waals surface area contributed by atoms with Crippen LogP contribution in [-0.4, -0.2) is 37.3 Å². The Labute approximate surface area is 127 Å². The van der Waals surface area contributed by atoms with E-state index in [2.05, 4.69) is 9.97 Å². The number of ether oxygens (including phenoxy) is 1.